The molecule has 1 spiro atoms. The van der Waals surface area contributed by atoms with Crippen LogP contribution >= 0.6 is 46.4 Å². The summed E-state index contributed by atoms with van der Waals surface area (Å²) in [6.45, 7) is 6.61. The molecular formula is C40H41Cl4N3O5. The number of hydrogen-bond acceptors (Lipinski definition) is 6. The third kappa shape index (κ3) is 6.43. The molecule has 0 radical (unpaired) electrons. The molecule has 12 heteroatoms. The largest absolute Gasteiger partial charge is 0.461 e. The Balaban J connectivity index is 1.41. The first-order chi connectivity index (χ1) is 24.9. The molecule has 7 rings (SSSR count). The van der Waals surface area contributed by atoms with E-state index in [9.17, 15) is 4.79 Å². The average molecular weight is 786 g/mol. The first-order valence-electron chi connectivity index (χ1n) is 17.7. The van der Waals surface area contributed by atoms with Crippen LogP contribution in [-0.2, 0) is 36.0 Å². The lowest BCUT2D eigenvalue weighted by molar-refractivity contribution is -0.158. The maximum atomic E-state index is 15.6. The SMILES string of the molecule is C=CCOC(=O)C1C(C(=O)N(CC2CCCC2)c2cc(Cl)cc(Cl)c2)C2C[C@](C)(OCc3ccccc3)CN2[C@]12C(=O)N(C)c1c(Cl)cc(Cl)cc12. The molecule has 274 valence electrons. The number of amides is 2. The van der Waals surface area contributed by atoms with Crippen LogP contribution in [0.4, 0.5) is 11.4 Å². The fraction of sp³-hybridized carbons (Fsp3) is 0.425. The summed E-state index contributed by atoms with van der Waals surface area (Å²) in [6, 6.07) is 17.6. The Labute approximate surface area is 324 Å². The van der Waals surface area contributed by atoms with Crippen LogP contribution in [0.1, 0.15) is 50.2 Å². The minimum atomic E-state index is -1.68. The van der Waals surface area contributed by atoms with E-state index in [1.807, 2.05) is 42.2 Å². The highest BCUT2D eigenvalue weighted by atomic mass is 35.5. The van der Waals surface area contributed by atoms with Crippen LogP contribution in [-0.4, -0.2) is 61.1 Å². The Kier molecular flexibility index (Phi) is 10.5. The number of benzene rings is 3. The molecule has 3 fully saturated rings. The van der Waals surface area contributed by atoms with Crippen molar-refractivity contribution in [3.63, 3.8) is 0 Å². The van der Waals surface area contributed by atoms with Crippen LogP contribution in [0.3, 0.4) is 0 Å². The smallest absolute Gasteiger partial charge is 0.312 e. The lowest BCUT2D eigenvalue weighted by Crippen LogP contribution is -2.56. The summed E-state index contributed by atoms with van der Waals surface area (Å²) in [6.07, 6.45) is 5.89. The zero-order valence-electron chi connectivity index (χ0n) is 29.1. The summed E-state index contributed by atoms with van der Waals surface area (Å²) in [5, 5.41) is 1.33. The van der Waals surface area contributed by atoms with Crippen molar-refractivity contribution in [3.05, 3.63) is 105 Å². The minimum Gasteiger partial charge on any atom is -0.461 e. The molecule has 2 saturated heterocycles. The van der Waals surface area contributed by atoms with Crippen molar-refractivity contribution in [1.82, 2.24) is 4.90 Å². The minimum absolute atomic E-state index is 0.0994. The van der Waals surface area contributed by atoms with Gasteiger partial charge < -0.3 is 19.3 Å². The lowest BCUT2D eigenvalue weighted by atomic mass is 9.72. The molecule has 1 aliphatic carbocycles. The van der Waals surface area contributed by atoms with E-state index < -0.39 is 40.9 Å². The molecule has 2 amide bonds. The van der Waals surface area contributed by atoms with Gasteiger partial charge in [0.25, 0.3) is 5.91 Å². The van der Waals surface area contributed by atoms with Crippen LogP contribution in [0.5, 0.6) is 0 Å². The van der Waals surface area contributed by atoms with Crippen LogP contribution in [0.2, 0.25) is 20.1 Å². The van der Waals surface area contributed by atoms with Crippen LogP contribution < -0.4 is 9.80 Å². The molecule has 0 N–H and O–H groups in total. The molecule has 0 aromatic heterocycles. The first kappa shape index (κ1) is 37.2. The summed E-state index contributed by atoms with van der Waals surface area (Å²) in [5.41, 5.74) is -0.0678. The summed E-state index contributed by atoms with van der Waals surface area (Å²) in [4.78, 5) is 50.6. The van der Waals surface area contributed by atoms with Gasteiger partial charge in [-0.15, -0.1) is 0 Å². The number of rotatable bonds is 10. The number of ether oxygens (including phenoxy) is 2. The van der Waals surface area contributed by atoms with Gasteiger partial charge in [0.05, 0.1) is 28.8 Å². The van der Waals surface area contributed by atoms with Gasteiger partial charge in [0, 0.05) is 52.5 Å². The fourth-order valence-electron chi connectivity index (χ4n) is 9.15. The van der Waals surface area contributed by atoms with Crippen molar-refractivity contribution < 1.29 is 23.9 Å². The topological polar surface area (TPSA) is 79.4 Å². The molecule has 4 aliphatic rings. The Morgan fingerprint density at radius 2 is 1.67 bits per heavy atom. The third-order valence-electron chi connectivity index (χ3n) is 11.3. The van der Waals surface area contributed by atoms with Crippen LogP contribution in [0.25, 0.3) is 0 Å². The van der Waals surface area contributed by atoms with E-state index in [1.165, 1.54) is 11.0 Å². The second-order valence-electron chi connectivity index (χ2n) is 14.7. The number of anilines is 2. The molecule has 8 nitrogen and oxygen atoms in total. The van der Waals surface area contributed by atoms with Crippen molar-refractivity contribution in [3.8, 4) is 0 Å². The van der Waals surface area contributed by atoms with Crippen molar-refractivity contribution in [2.45, 2.75) is 62.8 Å². The number of halogens is 4. The maximum absolute atomic E-state index is 15.6. The van der Waals surface area contributed by atoms with Crippen LogP contribution in [0.15, 0.2) is 73.3 Å². The van der Waals surface area contributed by atoms with Gasteiger partial charge in [0.15, 0.2) is 0 Å². The van der Waals surface area contributed by atoms with Crippen molar-refractivity contribution in [1.29, 1.82) is 0 Å². The van der Waals surface area contributed by atoms with E-state index >= 15 is 9.59 Å². The number of esters is 1. The van der Waals surface area contributed by atoms with E-state index in [-0.39, 0.29) is 30.0 Å². The van der Waals surface area contributed by atoms with E-state index in [1.54, 1.807) is 42.3 Å². The third-order valence-corrected chi connectivity index (χ3v) is 12.2. The molecule has 3 aliphatic heterocycles. The predicted octanol–water partition coefficient (Wildman–Crippen LogP) is 8.72. The Bertz CT molecular complexity index is 1880. The fourth-order valence-corrected chi connectivity index (χ4v) is 10.3. The molecule has 3 aromatic rings. The Morgan fingerprint density at radius 3 is 2.35 bits per heavy atom. The van der Waals surface area contributed by atoms with E-state index in [0.29, 0.717) is 51.6 Å². The number of carbonyl (C=O) groups excluding carboxylic acids is 3. The molecule has 52 heavy (non-hydrogen) atoms. The number of hydrogen-bond donors (Lipinski definition) is 0. The zero-order chi connectivity index (χ0) is 36.9. The van der Waals surface area contributed by atoms with Gasteiger partial charge in [-0.2, -0.15) is 0 Å². The lowest BCUT2D eigenvalue weighted by Gasteiger charge is -2.39. The first-order valence-corrected chi connectivity index (χ1v) is 19.2. The summed E-state index contributed by atoms with van der Waals surface area (Å²) >= 11 is 26.6. The van der Waals surface area contributed by atoms with E-state index in [2.05, 4.69) is 6.58 Å². The molecular weight excluding hydrogens is 744 g/mol. The van der Waals surface area contributed by atoms with Gasteiger partial charge in [-0.1, -0.05) is 102 Å². The number of carbonyl (C=O) groups is 3. The molecule has 3 heterocycles. The standard InChI is InChI=1S/C40H41Cl4N3O5/c1-4-14-51-37(49)34-33(36(48)46(21-24-10-8-9-11-24)29-16-26(41)15-27(42)17-29)32-20-39(2,52-22-25-12-6-5-7-13-25)23-47(32)40(34)30-18-28(43)19-31(44)35(30)45(3)38(40)50/h4-7,12-13,15-19,24,32-34H,1,8-11,14,20-23H2,2-3H3/t32?,33?,34?,39-,40-/m0/s1. The number of nitrogens with zero attached hydrogens (tertiary/aromatic N) is 3. The summed E-state index contributed by atoms with van der Waals surface area (Å²) in [7, 11) is 1.63. The maximum Gasteiger partial charge on any atom is 0.312 e. The van der Waals surface area contributed by atoms with Crippen molar-refractivity contribution in [2.75, 3.05) is 36.5 Å². The Morgan fingerprint density at radius 1 is 1.00 bits per heavy atom. The Hall–Kier alpha value is -3.11. The number of likely N-dealkylation sites (N-methyl/N-ethyl adjacent to an activating group) is 1. The second kappa shape index (κ2) is 14.6. The van der Waals surface area contributed by atoms with Crippen LogP contribution in [0, 0.1) is 17.8 Å². The second-order valence-corrected chi connectivity index (χ2v) is 16.4. The van der Waals surface area contributed by atoms with Gasteiger partial charge >= 0.3 is 5.97 Å². The average Bonchev–Trinajstić information content (AvgIpc) is 3.85. The molecule has 3 aromatic carbocycles. The number of fused-ring (bicyclic) bond motifs is 4. The van der Waals surface area contributed by atoms with Gasteiger partial charge in [-0.3, -0.25) is 19.3 Å². The summed E-state index contributed by atoms with van der Waals surface area (Å²) < 4.78 is 12.5. The molecule has 0 bridgehead atoms. The summed E-state index contributed by atoms with van der Waals surface area (Å²) in [5.74, 6) is -3.47. The van der Waals surface area contributed by atoms with E-state index in [0.717, 1.165) is 31.2 Å². The van der Waals surface area contributed by atoms with Gasteiger partial charge in [-0.05, 0) is 68.0 Å². The highest BCUT2D eigenvalue weighted by Crippen LogP contribution is 2.62. The monoisotopic (exact) mass is 783 g/mol. The highest BCUT2D eigenvalue weighted by Gasteiger charge is 2.75. The normalized spacial score (nSPS) is 26.9. The molecule has 5 atom stereocenters. The molecule has 3 unspecified atom stereocenters. The van der Waals surface area contributed by atoms with Gasteiger partial charge in [0.1, 0.15) is 18.1 Å². The van der Waals surface area contributed by atoms with Crippen molar-refractivity contribution >= 4 is 75.6 Å². The molecule has 1 saturated carbocycles. The van der Waals surface area contributed by atoms with E-state index in [4.69, 9.17) is 55.9 Å². The zero-order valence-corrected chi connectivity index (χ0v) is 32.1. The van der Waals surface area contributed by atoms with Gasteiger partial charge in [0.2, 0.25) is 5.91 Å². The quantitative estimate of drug-likeness (QED) is 0.151. The van der Waals surface area contributed by atoms with Crippen molar-refractivity contribution in [2.24, 2.45) is 17.8 Å². The predicted molar refractivity (Wildman–Crippen MR) is 205 cm³/mol. The van der Waals surface area contributed by atoms with Gasteiger partial charge in [-0.25, -0.2) is 0 Å². The highest BCUT2D eigenvalue weighted by molar-refractivity contribution is 6.38.